The number of nitrogens with zero attached hydrogens (tertiary/aromatic N) is 4. The molecule has 31 heavy (non-hydrogen) atoms. The molecule has 2 heterocycles. The first-order valence-corrected chi connectivity index (χ1v) is 9.98. The molecule has 164 valence electrons. The fourth-order valence-electron chi connectivity index (χ4n) is 3.22. The predicted octanol–water partition coefficient (Wildman–Crippen LogP) is 4.80. The zero-order valence-electron chi connectivity index (χ0n) is 18.3. The molecule has 0 bridgehead atoms. The number of halogens is 1. The fraction of sp³-hybridized carbons (Fsp3) is 0.364. The molecule has 0 unspecified atom stereocenters. The lowest BCUT2D eigenvalue weighted by molar-refractivity contribution is 0.209. The molecule has 0 saturated heterocycles. The molecule has 0 atom stereocenters. The van der Waals surface area contributed by atoms with Gasteiger partial charge in [-0.05, 0) is 71.2 Å². The summed E-state index contributed by atoms with van der Waals surface area (Å²) >= 11 is 0. The molecule has 0 spiro atoms. The number of benzene rings is 1. The summed E-state index contributed by atoms with van der Waals surface area (Å²) < 4.78 is 16.1. The van der Waals surface area contributed by atoms with Gasteiger partial charge in [0.1, 0.15) is 11.6 Å². The predicted molar refractivity (Wildman–Crippen MR) is 117 cm³/mol. The Morgan fingerprint density at radius 2 is 1.94 bits per heavy atom. The van der Waals surface area contributed by atoms with Crippen LogP contribution in [0.15, 0.2) is 30.5 Å². The molecule has 3 N–H and O–H groups in total. The van der Waals surface area contributed by atoms with Crippen LogP contribution in [0.2, 0.25) is 0 Å². The summed E-state index contributed by atoms with van der Waals surface area (Å²) in [6.07, 6.45) is 1.38. The molecule has 3 rings (SSSR count). The van der Waals surface area contributed by atoms with Gasteiger partial charge >= 0.3 is 6.09 Å². The number of carbonyl (C=O) groups is 1. The van der Waals surface area contributed by atoms with Crippen LogP contribution in [0.5, 0.6) is 0 Å². The van der Waals surface area contributed by atoms with E-state index in [-0.39, 0.29) is 11.4 Å². The lowest BCUT2D eigenvalue weighted by Gasteiger charge is -2.22. The van der Waals surface area contributed by atoms with Gasteiger partial charge in [0.2, 0.25) is 0 Å². The molecule has 0 radical (unpaired) electrons. The van der Waals surface area contributed by atoms with Crippen molar-refractivity contribution >= 4 is 23.4 Å². The molecule has 0 aliphatic heterocycles. The lowest BCUT2D eigenvalue weighted by atomic mass is 10.1. The van der Waals surface area contributed by atoms with E-state index in [1.165, 1.54) is 18.2 Å². The van der Waals surface area contributed by atoms with Crippen LogP contribution in [-0.2, 0) is 18.4 Å². The number of rotatable bonds is 6. The Bertz CT molecular complexity index is 1100. The highest BCUT2D eigenvalue weighted by Gasteiger charge is 2.21. The quantitative estimate of drug-likeness (QED) is 0.523. The molecule has 1 aromatic carbocycles. The Balaban J connectivity index is 1.84. The summed E-state index contributed by atoms with van der Waals surface area (Å²) in [6, 6.07) is 6.09. The van der Waals surface area contributed by atoms with Crippen LogP contribution in [-0.4, -0.2) is 30.9 Å². The first-order chi connectivity index (χ1) is 14.5. The Hall–Kier alpha value is -3.49. The maximum absolute atomic E-state index is 14.2. The van der Waals surface area contributed by atoms with E-state index in [1.54, 1.807) is 6.20 Å². The highest BCUT2D eigenvalue weighted by atomic mass is 19.1. The zero-order chi connectivity index (χ0) is 22.8. The van der Waals surface area contributed by atoms with Gasteiger partial charge in [-0.15, -0.1) is 0 Å². The van der Waals surface area contributed by atoms with Crippen molar-refractivity contribution in [3.63, 3.8) is 0 Å². The number of anilines is 3. The van der Waals surface area contributed by atoms with Crippen LogP contribution in [0.25, 0.3) is 0 Å². The standard InChI is InChI=1S/C22H27FN6O2/c1-13-12-24-20(14(2)25-13)27-19-11-17(28-29(19)22(3,4)5)7-6-15-10-16(26-21(30)31)8-9-18(15)23/h8-12,26H,6-7H2,1-5H3,(H,24,27)(H,30,31). The second-order valence-corrected chi connectivity index (χ2v) is 8.41. The smallest absolute Gasteiger partial charge is 0.409 e. The van der Waals surface area contributed by atoms with Crippen molar-refractivity contribution < 1.29 is 14.3 Å². The second kappa shape index (κ2) is 8.71. The third-order valence-electron chi connectivity index (χ3n) is 4.66. The van der Waals surface area contributed by atoms with Crippen molar-refractivity contribution in [1.82, 2.24) is 19.7 Å². The molecular formula is C22H27FN6O2. The average Bonchev–Trinajstić information content (AvgIpc) is 3.07. The van der Waals surface area contributed by atoms with Gasteiger partial charge in [-0.25, -0.2) is 18.9 Å². The molecular weight excluding hydrogens is 399 g/mol. The summed E-state index contributed by atoms with van der Waals surface area (Å²) in [6.45, 7) is 9.92. The molecule has 2 aromatic heterocycles. The monoisotopic (exact) mass is 426 g/mol. The summed E-state index contributed by atoms with van der Waals surface area (Å²) in [7, 11) is 0. The van der Waals surface area contributed by atoms with Gasteiger partial charge in [-0.2, -0.15) is 5.10 Å². The number of nitrogens with one attached hydrogen (secondary N) is 2. The third kappa shape index (κ3) is 5.56. The Kier molecular flexibility index (Phi) is 6.24. The summed E-state index contributed by atoms with van der Waals surface area (Å²) in [5.41, 5.74) is 2.88. The van der Waals surface area contributed by atoms with Crippen LogP contribution in [0.3, 0.4) is 0 Å². The van der Waals surface area contributed by atoms with Crippen molar-refractivity contribution in [3.05, 3.63) is 58.9 Å². The van der Waals surface area contributed by atoms with Crippen LogP contribution >= 0.6 is 0 Å². The molecule has 8 nitrogen and oxygen atoms in total. The van der Waals surface area contributed by atoms with Crippen molar-refractivity contribution in [2.75, 3.05) is 10.6 Å². The largest absolute Gasteiger partial charge is 0.465 e. The molecule has 9 heteroatoms. The molecule has 0 fully saturated rings. The first-order valence-electron chi connectivity index (χ1n) is 9.98. The van der Waals surface area contributed by atoms with Crippen LogP contribution in [0, 0.1) is 19.7 Å². The van der Waals surface area contributed by atoms with E-state index in [2.05, 4.69) is 20.6 Å². The number of hydrogen-bond acceptors (Lipinski definition) is 5. The van der Waals surface area contributed by atoms with E-state index >= 15 is 0 Å². The number of hydrogen-bond donors (Lipinski definition) is 3. The van der Waals surface area contributed by atoms with Crippen LogP contribution < -0.4 is 10.6 Å². The van der Waals surface area contributed by atoms with Gasteiger partial charge in [0.05, 0.1) is 28.8 Å². The van der Waals surface area contributed by atoms with Crippen molar-refractivity contribution in [3.8, 4) is 0 Å². The number of carboxylic acid groups (broad SMARTS) is 1. The van der Waals surface area contributed by atoms with Crippen LogP contribution in [0.4, 0.5) is 26.5 Å². The molecule has 3 aromatic rings. The Morgan fingerprint density at radius 1 is 1.19 bits per heavy atom. The maximum atomic E-state index is 14.2. The van der Waals surface area contributed by atoms with Gasteiger partial charge < -0.3 is 10.4 Å². The molecule has 0 saturated carbocycles. The summed E-state index contributed by atoms with van der Waals surface area (Å²) in [5.74, 6) is 1.04. The van der Waals surface area contributed by atoms with E-state index < -0.39 is 6.09 Å². The lowest BCUT2D eigenvalue weighted by Crippen LogP contribution is -2.25. The van der Waals surface area contributed by atoms with Gasteiger partial charge in [0.15, 0.2) is 5.82 Å². The Labute approximate surface area is 180 Å². The maximum Gasteiger partial charge on any atom is 0.409 e. The highest BCUT2D eigenvalue weighted by Crippen LogP contribution is 2.26. The van der Waals surface area contributed by atoms with E-state index in [4.69, 9.17) is 10.2 Å². The van der Waals surface area contributed by atoms with Crippen molar-refractivity contribution in [2.24, 2.45) is 0 Å². The highest BCUT2D eigenvalue weighted by molar-refractivity contribution is 5.82. The minimum atomic E-state index is -1.19. The SMILES string of the molecule is Cc1cnc(Nc2cc(CCc3cc(NC(=O)O)ccc3F)nn2C(C)(C)C)c(C)n1. The number of amides is 1. The summed E-state index contributed by atoms with van der Waals surface area (Å²) in [4.78, 5) is 19.7. The zero-order valence-corrected chi connectivity index (χ0v) is 18.3. The topological polar surface area (TPSA) is 105 Å². The van der Waals surface area contributed by atoms with E-state index in [0.29, 0.717) is 29.9 Å². The second-order valence-electron chi connectivity index (χ2n) is 8.41. The molecule has 1 amide bonds. The fourth-order valence-corrected chi connectivity index (χ4v) is 3.22. The minimum Gasteiger partial charge on any atom is -0.465 e. The van der Waals surface area contributed by atoms with Gasteiger partial charge in [-0.1, -0.05) is 0 Å². The number of aryl methyl sites for hydroxylation is 4. The first kappa shape index (κ1) is 22.2. The van der Waals surface area contributed by atoms with E-state index in [1.807, 2.05) is 45.4 Å². The normalized spacial score (nSPS) is 11.4. The molecule has 0 aliphatic rings. The van der Waals surface area contributed by atoms with Gasteiger partial charge in [0, 0.05) is 11.8 Å². The van der Waals surface area contributed by atoms with Crippen molar-refractivity contribution in [2.45, 2.75) is 53.0 Å². The Morgan fingerprint density at radius 3 is 2.58 bits per heavy atom. The third-order valence-corrected chi connectivity index (χ3v) is 4.66. The van der Waals surface area contributed by atoms with E-state index in [9.17, 15) is 9.18 Å². The van der Waals surface area contributed by atoms with Gasteiger partial charge in [0.25, 0.3) is 0 Å². The van der Waals surface area contributed by atoms with Gasteiger partial charge in [-0.3, -0.25) is 10.3 Å². The minimum absolute atomic E-state index is 0.289. The summed E-state index contributed by atoms with van der Waals surface area (Å²) in [5, 5.41) is 19.1. The van der Waals surface area contributed by atoms with E-state index in [0.717, 1.165) is 22.9 Å². The average molecular weight is 426 g/mol. The molecule has 0 aliphatic carbocycles. The number of aromatic nitrogens is 4. The van der Waals surface area contributed by atoms with Crippen LogP contribution in [0.1, 0.15) is 43.4 Å². The van der Waals surface area contributed by atoms with Crippen molar-refractivity contribution in [1.29, 1.82) is 0 Å².